The number of nitrogens with one attached hydrogen (secondary N) is 2. The minimum atomic E-state index is 0.0295. The summed E-state index contributed by atoms with van der Waals surface area (Å²) < 4.78 is 6.08. The van der Waals surface area contributed by atoms with Crippen LogP contribution in [-0.4, -0.2) is 34.4 Å². The Hall–Kier alpha value is -3.56. The number of amides is 1. The van der Waals surface area contributed by atoms with E-state index in [1.54, 1.807) is 6.07 Å². The number of benzene rings is 2. The van der Waals surface area contributed by atoms with E-state index < -0.39 is 0 Å². The van der Waals surface area contributed by atoms with E-state index in [9.17, 15) is 4.79 Å². The van der Waals surface area contributed by atoms with Crippen molar-refractivity contribution >= 4 is 33.5 Å². The first-order valence-electron chi connectivity index (χ1n) is 12.1. The maximum atomic E-state index is 13.4. The summed E-state index contributed by atoms with van der Waals surface area (Å²) >= 11 is 0. The molecular formula is C28H30N4O2. The highest BCUT2D eigenvalue weighted by molar-refractivity contribution is 5.98. The molecule has 0 unspecified atom stereocenters. The van der Waals surface area contributed by atoms with Crippen molar-refractivity contribution in [1.29, 1.82) is 0 Å². The first-order chi connectivity index (χ1) is 16.6. The number of hydrogen-bond donors (Lipinski definition) is 2. The molecule has 2 aromatic heterocycles. The van der Waals surface area contributed by atoms with Gasteiger partial charge in [-0.05, 0) is 74.7 Å². The van der Waals surface area contributed by atoms with Crippen LogP contribution in [0.25, 0.3) is 26.7 Å². The summed E-state index contributed by atoms with van der Waals surface area (Å²) in [5, 5.41) is 5.77. The van der Waals surface area contributed by atoms with Crippen LogP contribution in [0.4, 0.5) is 5.69 Å². The number of para-hydroxylation sites is 1. The van der Waals surface area contributed by atoms with Gasteiger partial charge in [0.25, 0.3) is 5.91 Å². The lowest BCUT2D eigenvalue weighted by molar-refractivity contribution is 0.0622. The van der Waals surface area contributed by atoms with Gasteiger partial charge in [-0.25, -0.2) is 4.85 Å². The molecule has 1 saturated carbocycles. The minimum Gasteiger partial charge on any atom is -0.459 e. The number of fused-ring (bicyclic) bond motifs is 2. The fourth-order valence-corrected chi connectivity index (χ4v) is 5.29. The van der Waals surface area contributed by atoms with E-state index in [4.69, 9.17) is 11.0 Å². The maximum Gasteiger partial charge on any atom is 0.270 e. The van der Waals surface area contributed by atoms with Crippen LogP contribution in [0.3, 0.4) is 0 Å². The summed E-state index contributed by atoms with van der Waals surface area (Å²) in [7, 11) is 0. The van der Waals surface area contributed by atoms with Crippen LogP contribution in [0.15, 0.2) is 52.9 Å². The predicted molar refractivity (Wildman–Crippen MR) is 135 cm³/mol. The summed E-state index contributed by atoms with van der Waals surface area (Å²) in [6.45, 7) is 12.7. The fraction of sp³-hybridized carbons (Fsp3) is 0.357. The van der Waals surface area contributed by atoms with Crippen molar-refractivity contribution in [3.8, 4) is 0 Å². The van der Waals surface area contributed by atoms with Gasteiger partial charge in [0.05, 0.1) is 13.1 Å². The summed E-state index contributed by atoms with van der Waals surface area (Å²) in [4.78, 5) is 22.2. The molecule has 4 aromatic rings. The molecule has 0 spiro atoms. The molecular weight excluding hydrogens is 424 g/mol. The first-order valence-corrected chi connectivity index (χ1v) is 12.1. The Kier molecular flexibility index (Phi) is 6.12. The number of nitrogens with zero attached hydrogens (tertiary/aromatic N) is 2. The second kappa shape index (κ2) is 9.36. The van der Waals surface area contributed by atoms with E-state index in [1.807, 2.05) is 48.2 Å². The van der Waals surface area contributed by atoms with Gasteiger partial charge in [-0.1, -0.05) is 24.3 Å². The van der Waals surface area contributed by atoms with Crippen molar-refractivity contribution in [3.05, 3.63) is 77.0 Å². The van der Waals surface area contributed by atoms with Crippen molar-refractivity contribution in [2.75, 3.05) is 6.54 Å². The predicted octanol–water partition coefficient (Wildman–Crippen LogP) is 6.34. The van der Waals surface area contributed by atoms with Gasteiger partial charge in [-0.15, -0.1) is 0 Å². The van der Waals surface area contributed by atoms with Crippen LogP contribution in [-0.2, 0) is 6.54 Å². The Bertz CT molecular complexity index is 1380. The molecule has 6 heteroatoms. The number of aryl methyl sites for hydroxylation is 1. The van der Waals surface area contributed by atoms with Crippen molar-refractivity contribution in [2.45, 2.75) is 58.2 Å². The second-order valence-corrected chi connectivity index (χ2v) is 9.20. The normalized spacial score (nSPS) is 18.3. The molecule has 2 heterocycles. The maximum absolute atomic E-state index is 13.4. The van der Waals surface area contributed by atoms with E-state index in [0.717, 1.165) is 47.9 Å². The largest absolute Gasteiger partial charge is 0.459 e. The molecule has 6 nitrogen and oxygen atoms in total. The number of carbonyl (C=O) groups excluding carboxylic acids is 1. The standard InChI is InChI=1S/C28H30N4O2/c1-4-32(28(33)25-15-19-14-20(29-3)12-13-24(19)31-25)22-9-7-8-21(16-22)30-17-27-18(2)23-10-5-6-11-26(23)34-27/h5-6,10-15,21-22,30-31H,4,7-9,16-17H2,1-2H3/t21-,22+/m1/s1. The van der Waals surface area contributed by atoms with E-state index in [-0.39, 0.29) is 11.9 Å². The van der Waals surface area contributed by atoms with Gasteiger partial charge in [0.15, 0.2) is 5.69 Å². The zero-order valence-corrected chi connectivity index (χ0v) is 19.7. The molecule has 1 fully saturated rings. The van der Waals surface area contributed by atoms with Crippen molar-refractivity contribution in [1.82, 2.24) is 15.2 Å². The van der Waals surface area contributed by atoms with Gasteiger partial charge < -0.3 is 19.6 Å². The molecule has 2 aromatic carbocycles. The summed E-state index contributed by atoms with van der Waals surface area (Å²) in [6, 6.07) is 16.1. The Morgan fingerprint density at radius 2 is 2.09 bits per heavy atom. The van der Waals surface area contributed by atoms with Gasteiger partial charge in [-0.3, -0.25) is 4.79 Å². The van der Waals surface area contributed by atoms with Gasteiger partial charge >= 0.3 is 0 Å². The SMILES string of the molecule is [C-]#[N+]c1ccc2[nH]c(C(=O)N(CC)[C@H]3CCC[C@@H](NCc4oc5ccccc5c4C)C3)cc2c1. The molecule has 0 aliphatic heterocycles. The first kappa shape index (κ1) is 22.2. The Labute approximate surface area is 199 Å². The van der Waals surface area contributed by atoms with Gasteiger partial charge in [-0.2, -0.15) is 0 Å². The van der Waals surface area contributed by atoms with Crippen LogP contribution < -0.4 is 5.32 Å². The topological polar surface area (TPSA) is 65.6 Å². The van der Waals surface area contributed by atoms with E-state index in [1.165, 1.54) is 10.9 Å². The average molecular weight is 455 g/mol. The Morgan fingerprint density at radius 1 is 1.24 bits per heavy atom. The molecule has 1 aliphatic carbocycles. The van der Waals surface area contributed by atoms with Gasteiger partial charge in [0.2, 0.25) is 0 Å². The minimum absolute atomic E-state index is 0.0295. The van der Waals surface area contributed by atoms with Crippen molar-refractivity contribution < 1.29 is 9.21 Å². The molecule has 1 aliphatic rings. The molecule has 2 atom stereocenters. The lowest BCUT2D eigenvalue weighted by atomic mass is 9.89. The molecule has 0 saturated heterocycles. The van der Waals surface area contributed by atoms with Crippen LogP contribution in [0.1, 0.15) is 54.4 Å². The van der Waals surface area contributed by atoms with Crippen LogP contribution in [0, 0.1) is 13.5 Å². The number of H-pyrrole nitrogens is 1. The zero-order chi connectivity index (χ0) is 23.7. The van der Waals surface area contributed by atoms with Gasteiger partial charge in [0.1, 0.15) is 17.0 Å². The third-order valence-electron chi connectivity index (χ3n) is 7.15. The molecule has 0 radical (unpaired) electrons. The second-order valence-electron chi connectivity index (χ2n) is 9.20. The molecule has 0 bridgehead atoms. The summed E-state index contributed by atoms with van der Waals surface area (Å²) in [6.07, 6.45) is 4.14. The molecule has 5 rings (SSSR count). The number of aromatic nitrogens is 1. The highest BCUT2D eigenvalue weighted by atomic mass is 16.3. The van der Waals surface area contributed by atoms with Crippen molar-refractivity contribution in [2.24, 2.45) is 0 Å². The number of furan rings is 1. The fourth-order valence-electron chi connectivity index (χ4n) is 5.29. The van der Waals surface area contributed by atoms with Crippen LogP contribution in [0.5, 0.6) is 0 Å². The number of aromatic amines is 1. The Morgan fingerprint density at radius 3 is 2.88 bits per heavy atom. The molecule has 1 amide bonds. The average Bonchev–Trinajstić information content (AvgIpc) is 3.44. The summed E-state index contributed by atoms with van der Waals surface area (Å²) in [5.41, 5.74) is 4.19. The highest BCUT2D eigenvalue weighted by Crippen LogP contribution is 2.28. The van der Waals surface area contributed by atoms with E-state index in [0.29, 0.717) is 30.5 Å². The molecule has 34 heavy (non-hydrogen) atoms. The number of rotatable bonds is 6. The van der Waals surface area contributed by atoms with E-state index >= 15 is 0 Å². The number of hydrogen-bond acceptors (Lipinski definition) is 3. The summed E-state index contributed by atoms with van der Waals surface area (Å²) in [5.74, 6) is 1.02. The molecule has 2 N–H and O–H groups in total. The highest BCUT2D eigenvalue weighted by Gasteiger charge is 2.30. The quantitative estimate of drug-likeness (QED) is 0.334. The number of carbonyl (C=O) groups is 1. The van der Waals surface area contributed by atoms with Crippen LogP contribution in [0.2, 0.25) is 0 Å². The zero-order valence-electron chi connectivity index (χ0n) is 19.7. The van der Waals surface area contributed by atoms with Gasteiger partial charge in [0, 0.05) is 29.5 Å². The molecule has 174 valence electrons. The third kappa shape index (κ3) is 4.20. The monoisotopic (exact) mass is 454 g/mol. The smallest absolute Gasteiger partial charge is 0.270 e. The van der Waals surface area contributed by atoms with E-state index in [2.05, 4.69) is 28.1 Å². The lowest BCUT2D eigenvalue weighted by Crippen LogP contribution is -2.46. The lowest BCUT2D eigenvalue weighted by Gasteiger charge is -2.37. The van der Waals surface area contributed by atoms with Crippen molar-refractivity contribution in [3.63, 3.8) is 0 Å². The Balaban J connectivity index is 1.27. The third-order valence-corrected chi connectivity index (χ3v) is 7.15. The van der Waals surface area contributed by atoms with Crippen LogP contribution >= 0.6 is 0 Å².